The van der Waals surface area contributed by atoms with E-state index < -0.39 is 0 Å². The Kier molecular flexibility index (Phi) is 11.4. The summed E-state index contributed by atoms with van der Waals surface area (Å²) in [4.78, 5) is 6.51. The van der Waals surface area contributed by atoms with Crippen LogP contribution in [0.5, 0.6) is 0 Å². The zero-order chi connectivity index (χ0) is 18.3. The Labute approximate surface area is 151 Å². The highest BCUT2D eigenvalue weighted by Crippen LogP contribution is 2.16. The summed E-state index contributed by atoms with van der Waals surface area (Å²) in [6, 6.07) is 6.85. The number of hydrogen-bond acceptors (Lipinski definition) is 3. The predicted octanol–water partition coefficient (Wildman–Crippen LogP) is 3.02. The van der Waals surface area contributed by atoms with Crippen molar-refractivity contribution < 1.29 is 9.13 Å². The van der Waals surface area contributed by atoms with E-state index in [-0.39, 0.29) is 5.82 Å². The van der Waals surface area contributed by atoms with Crippen molar-refractivity contribution in [3.8, 4) is 0 Å². The van der Waals surface area contributed by atoms with Gasteiger partial charge in [-0.25, -0.2) is 4.39 Å². The van der Waals surface area contributed by atoms with Gasteiger partial charge in [0.2, 0.25) is 0 Å². The first kappa shape index (κ1) is 21.2. The number of rotatable bonds is 12. The van der Waals surface area contributed by atoms with Crippen LogP contribution in [0.1, 0.15) is 33.1 Å². The molecule has 0 aliphatic heterocycles. The van der Waals surface area contributed by atoms with Crippen LogP contribution in [-0.4, -0.2) is 52.4 Å². The van der Waals surface area contributed by atoms with Crippen LogP contribution in [0.25, 0.3) is 0 Å². The zero-order valence-electron chi connectivity index (χ0n) is 15.9. The lowest BCUT2D eigenvalue weighted by atomic mass is 10.2. The molecule has 0 unspecified atom stereocenters. The Hall–Kier alpha value is -1.82. The monoisotopic (exact) mass is 352 g/mol. The highest BCUT2D eigenvalue weighted by atomic mass is 19.1. The molecule has 0 spiro atoms. The maximum atomic E-state index is 13.7. The summed E-state index contributed by atoms with van der Waals surface area (Å²) >= 11 is 0. The number of halogens is 1. The second-order valence-electron chi connectivity index (χ2n) is 5.82. The second kappa shape index (κ2) is 13.5. The van der Waals surface area contributed by atoms with Crippen LogP contribution < -0.4 is 15.5 Å². The van der Waals surface area contributed by atoms with E-state index in [1.165, 1.54) is 6.07 Å². The fourth-order valence-corrected chi connectivity index (χ4v) is 2.40. The standard InChI is InChI=1S/C19H33FN4O/c1-4-21-19(22-13-8-9-16-25-5-2)23-14-10-15-24(3)18-12-7-6-11-17(18)20/h6-7,11-12H,4-5,8-10,13-16H2,1-3H3,(H2,21,22,23). The minimum atomic E-state index is -0.185. The van der Waals surface area contributed by atoms with Crippen molar-refractivity contribution in [1.82, 2.24) is 10.6 Å². The second-order valence-corrected chi connectivity index (χ2v) is 5.82. The summed E-state index contributed by atoms with van der Waals surface area (Å²) < 4.78 is 19.1. The third-order valence-corrected chi connectivity index (χ3v) is 3.74. The first-order valence-corrected chi connectivity index (χ1v) is 9.24. The molecule has 1 aromatic carbocycles. The van der Waals surface area contributed by atoms with Crippen molar-refractivity contribution in [3.63, 3.8) is 0 Å². The first-order valence-electron chi connectivity index (χ1n) is 9.24. The Bertz CT molecular complexity index is 496. The summed E-state index contributed by atoms with van der Waals surface area (Å²) in [5.74, 6) is 0.656. The molecule has 1 aromatic rings. The summed E-state index contributed by atoms with van der Waals surface area (Å²) in [5, 5.41) is 6.58. The fourth-order valence-electron chi connectivity index (χ4n) is 2.40. The lowest BCUT2D eigenvalue weighted by molar-refractivity contribution is 0.143. The molecule has 5 nitrogen and oxygen atoms in total. The van der Waals surface area contributed by atoms with Gasteiger partial charge in [0, 0.05) is 46.4 Å². The minimum Gasteiger partial charge on any atom is -0.382 e. The Morgan fingerprint density at radius 1 is 1.16 bits per heavy atom. The molecule has 142 valence electrons. The molecule has 0 aliphatic carbocycles. The summed E-state index contributed by atoms with van der Waals surface area (Å²) in [5.41, 5.74) is 0.630. The van der Waals surface area contributed by atoms with Crippen LogP contribution in [-0.2, 0) is 4.74 Å². The predicted molar refractivity (Wildman–Crippen MR) is 104 cm³/mol. The normalized spacial score (nSPS) is 11.4. The minimum absolute atomic E-state index is 0.185. The topological polar surface area (TPSA) is 48.9 Å². The molecular weight excluding hydrogens is 319 g/mol. The van der Waals surface area contributed by atoms with E-state index in [0.29, 0.717) is 12.2 Å². The van der Waals surface area contributed by atoms with Crippen molar-refractivity contribution in [3.05, 3.63) is 30.1 Å². The van der Waals surface area contributed by atoms with Gasteiger partial charge >= 0.3 is 0 Å². The van der Waals surface area contributed by atoms with Crippen LogP contribution in [0, 0.1) is 5.82 Å². The Morgan fingerprint density at radius 3 is 2.68 bits per heavy atom. The Morgan fingerprint density at radius 2 is 1.96 bits per heavy atom. The van der Waals surface area contributed by atoms with Crippen molar-refractivity contribution in [1.29, 1.82) is 0 Å². The summed E-state index contributed by atoms with van der Waals surface area (Å²) in [7, 11) is 1.91. The maximum absolute atomic E-state index is 13.7. The molecule has 0 aliphatic rings. The number of unbranched alkanes of at least 4 members (excludes halogenated alkanes) is 1. The van der Waals surface area contributed by atoms with Crippen molar-refractivity contribution in [2.45, 2.75) is 33.1 Å². The number of ether oxygens (including phenoxy) is 1. The highest BCUT2D eigenvalue weighted by molar-refractivity contribution is 5.79. The largest absolute Gasteiger partial charge is 0.382 e. The third kappa shape index (κ3) is 9.29. The number of para-hydroxylation sites is 1. The molecule has 0 saturated carbocycles. The van der Waals surface area contributed by atoms with Crippen LogP contribution in [0.2, 0.25) is 0 Å². The molecule has 0 bridgehead atoms. The van der Waals surface area contributed by atoms with E-state index in [1.54, 1.807) is 12.1 Å². The average molecular weight is 352 g/mol. The van der Waals surface area contributed by atoms with Crippen molar-refractivity contribution >= 4 is 11.6 Å². The Balaban J connectivity index is 2.28. The quantitative estimate of drug-likeness (QED) is 0.345. The number of guanidine groups is 1. The van der Waals surface area contributed by atoms with Gasteiger partial charge in [-0.05, 0) is 45.2 Å². The zero-order valence-corrected chi connectivity index (χ0v) is 15.9. The molecule has 1 rings (SSSR count). The van der Waals surface area contributed by atoms with E-state index in [2.05, 4.69) is 22.5 Å². The molecule has 0 atom stereocenters. The number of aliphatic imine (C=N–C) groups is 1. The van der Waals surface area contributed by atoms with Gasteiger partial charge in [0.05, 0.1) is 5.69 Å². The van der Waals surface area contributed by atoms with E-state index in [9.17, 15) is 4.39 Å². The first-order chi connectivity index (χ1) is 12.2. The number of nitrogens with zero attached hydrogens (tertiary/aromatic N) is 2. The fraction of sp³-hybridized carbons (Fsp3) is 0.632. The van der Waals surface area contributed by atoms with Crippen molar-refractivity contribution in [2.24, 2.45) is 4.99 Å². The maximum Gasteiger partial charge on any atom is 0.191 e. The molecule has 0 aromatic heterocycles. The highest BCUT2D eigenvalue weighted by Gasteiger charge is 2.05. The lowest BCUT2D eigenvalue weighted by Crippen LogP contribution is -2.38. The van der Waals surface area contributed by atoms with Gasteiger partial charge in [-0.2, -0.15) is 0 Å². The molecule has 2 N–H and O–H groups in total. The molecule has 0 fully saturated rings. The SMILES string of the molecule is CCNC(=NCCCN(C)c1ccccc1F)NCCCCOCC. The van der Waals surface area contributed by atoms with Gasteiger partial charge in [-0.3, -0.25) is 4.99 Å². The molecule has 0 heterocycles. The number of hydrogen-bond donors (Lipinski definition) is 2. The van der Waals surface area contributed by atoms with E-state index in [0.717, 1.165) is 58.1 Å². The van der Waals surface area contributed by atoms with Gasteiger partial charge in [0.15, 0.2) is 5.96 Å². The molecular formula is C19H33FN4O. The van der Waals surface area contributed by atoms with Gasteiger partial charge in [0.25, 0.3) is 0 Å². The van der Waals surface area contributed by atoms with Gasteiger partial charge in [-0.1, -0.05) is 12.1 Å². The van der Waals surface area contributed by atoms with E-state index in [1.807, 2.05) is 24.9 Å². The molecule has 0 saturated heterocycles. The van der Waals surface area contributed by atoms with Crippen LogP contribution in [0.15, 0.2) is 29.3 Å². The smallest absolute Gasteiger partial charge is 0.191 e. The lowest BCUT2D eigenvalue weighted by Gasteiger charge is -2.19. The summed E-state index contributed by atoms with van der Waals surface area (Å²) in [6.07, 6.45) is 2.97. The van der Waals surface area contributed by atoms with Crippen LogP contribution in [0.4, 0.5) is 10.1 Å². The summed E-state index contributed by atoms with van der Waals surface area (Å²) in [6.45, 7) is 8.84. The molecule has 25 heavy (non-hydrogen) atoms. The van der Waals surface area contributed by atoms with Gasteiger partial charge in [0.1, 0.15) is 5.82 Å². The van der Waals surface area contributed by atoms with E-state index >= 15 is 0 Å². The molecule has 6 heteroatoms. The average Bonchev–Trinajstić information content (AvgIpc) is 2.61. The van der Waals surface area contributed by atoms with Crippen LogP contribution >= 0.6 is 0 Å². The van der Waals surface area contributed by atoms with Crippen molar-refractivity contribution in [2.75, 3.05) is 51.3 Å². The number of anilines is 1. The van der Waals surface area contributed by atoms with Gasteiger partial charge in [-0.15, -0.1) is 0 Å². The van der Waals surface area contributed by atoms with Gasteiger partial charge < -0.3 is 20.3 Å². The molecule has 0 radical (unpaired) electrons. The number of benzene rings is 1. The van der Waals surface area contributed by atoms with E-state index in [4.69, 9.17) is 4.74 Å². The molecule has 0 amide bonds. The number of nitrogens with one attached hydrogen (secondary N) is 2. The van der Waals surface area contributed by atoms with Crippen LogP contribution in [0.3, 0.4) is 0 Å². The third-order valence-electron chi connectivity index (χ3n) is 3.74.